The van der Waals surface area contributed by atoms with Gasteiger partial charge in [0.05, 0.1) is 23.7 Å². The minimum absolute atomic E-state index is 0.384. The van der Waals surface area contributed by atoms with E-state index in [1.165, 1.54) is 7.11 Å². The smallest absolute Gasteiger partial charge is 0.407 e. The standard InChI is InChI=1S/C21H24N2O4/c1-21(2,3)27-20(25)22-12-11-15-14-8-5-6-10-17(14)23-13-7-9-16(18(15)23)19(24)26-4/h5-10,13H,11-12H2,1-4H3,(H,22,25). The molecule has 27 heavy (non-hydrogen) atoms. The molecule has 0 unspecified atom stereocenters. The lowest BCUT2D eigenvalue weighted by atomic mass is 10.1. The lowest BCUT2D eigenvalue weighted by Gasteiger charge is -2.19. The molecule has 2 heterocycles. The number of benzene rings is 1. The Morgan fingerprint density at radius 2 is 1.85 bits per heavy atom. The van der Waals surface area contributed by atoms with Crippen LogP contribution in [0.1, 0.15) is 36.7 Å². The fraction of sp³-hybridized carbons (Fsp3) is 0.333. The summed E-state index contributed by atoms with van der Waals surface area (Å²) in [7, 11) is 1.37. The number of pyridine rings is 1. The van der Waals surface area contributed by atoms with Gasteiger partial charge in [0.1, 0.15) is 5.60 Å². The van der Waals surface area contributed by atoms with Crippen LogP contribution in [-0.2, 0) is 15.9 Å². The van der Waals surface area contributed by atoms with Gasteiger partial charge in [0.25, 0.3) is 0 Å². The summed E-state index contributed by atoms with van der Waals surface area (Å²) in [6.07, 6.45) is 2.03. The van der Waals surface area contributed by atoms with E-state index in [-0.39, 0.29) is 5.97 Å². The molecule has 0 bridgehead atoms. The number of nitrogens with one attached hydrogen (secondary N) is 1. The predicted molar refractivity (Wildman–Crippen MR) is 104 cm³/mol. The Morgan fingerprint density at radius 1 is 1.11 bits per heavy atom. The van der Waals surface area contributed by atoms with Gasteiger partial charge in [-0.15, -0.1) is 0 Å². The van der Waals surface area contributed by atoms with Crippen molar-refractivity contribution in [3.8, 4) is 0 Å². The van der Waals surface area contributed by atoms with Gasteiger partial charge >= 0.3 is 12.1 Å². The number of alkyl carbamates (subject to hydrolysis) is 1. The molecule has 0 aliphatic rings. The molecule has 0 radical (unpaired) electrons. The van der Waals surface area contributed by atoms with E-state index in [1.807, 2.05) is 61.7 Å². The lowest BCUT2D eigenvalue weighted by Crippen LogP contribution is -2.33. The molecule has 0 aliphatic heterocycles. The van der Waals surface area contributed by atoms with E-state index < -0.39 is 11.7 Å². The number of nitrogens with zero attached hydrogens (tertiary/aromatic N) is 1. The van der Waals surface area contributed by atoms with Crippen LogP contribution in [0.25, 0.3) is 16.4 Å². The Balaban J connectivity index is 1.97. The molecule has 1 aromatic carbocycles. The van der Waals surface area contributed by atoms with E-state index in [9.17, 15) is 9.59 Å². The maximum atomic E-state index is 12.3. The Labute approximate surface area is 158 Å². The number of methoxy groups -OCH3 is 1. The van der Waals surface area contributed by atoms with Crippen molar-refractivity contribution >= 4 is 28.5 Å². The molecule has 0 saturated carbocycles. The number of hydrogen-bond donors (Lipinski definition) is 1. The predicted octanol–water partition coefficient (Wildman–Crippen LogP) is 3.95. The van der Waals surface area contributed by atoms with Crippen LogP contribution < -0.4 is 5.32 Å². The van der Waals surface area contributed by atoms with Crippen molar-refractivity contribution in [1.82, 2.24) is 9.72 Å². The highest BCUT2D eigenvalue weighted by Crippen LogP contribution is 2.29. The molecule has 6 heteroatoms. The number of ether oxygens (including phenoxy) is 2. The van der Waals surface area contributed by atoms with E-state index in [0.717, 1.165) is 22.0 Å². The molecule has 0 spiro atoms. The first-order valence-electron chi connectivity index (χ1n) is 8.87. The Hall–Kier alpha value is -3.02. The molecule has 142 valence electrons. The number of hydrogen-bond acceptors (Lipinski definition) is 4. The molecule has 1 N–H and O–H groups in total. The maximum absolute atomic E-state index is 12.3. The highest BCUT2D eigenvalue weighted by atomic mass is 16.6. The van der Waals surface area contributed by atoms with Crippen molar-refractivity contribution in [2.24, 2.45) is 0 Å². The number of fused-ring (bicyclic) bond motifs is 3. The summed E-state index contributed by atoms with van der Waals surface area (Å²) < 4.78 is 12.2. The second-order valence-electron chi connectivity index (χ2n) is 7.31. The minimum Gasteiger partial charge on any atom is -0.465 e. The average Bonchev–Trinajstić information content (AvgIpc) is 2.94. The third-order valence-electron chi connectivity index (χ3n) is 4.22. The van der Waals surface area contributed by atoms with Crippen LogP contribution in [0.2, 0.25) is 0 Å². The summed E-state index contributed by atoms with van der Waals surface area (Å²) >= 11 is 0. The first-order valence-corrected chi connectivity index (χ1v) is 8.87. The zero-order valence-corrected chi connectivity index (χ0v) is 16.0. The van der Waals surface area contributed by atoms with Gasteiger partial charge in [-0.1, -0.05) is 18.2 Å². The third-order valence-corrected chi connectivity index (χ3v) is 4.22. The van der Waals surface area contributed by atoms with Crippen LogP contribution >= 0.6 is 0 Å². The van der Waals surface area contributed by atoms with Gasteiger partial charge in [0.15, 0.2) is 0 Å². The Morgan fingerprint density at radius 3 is 2.56 bits per heavy atom. The first kappa shape index (κ1) is 18.8. The second-order valence-corrected chi connectivity index (χ2v) is 7.31. The first-order chi connectivity index (χ1) is 12.8. The zero-order chi connectivity index (χ0) is 19.6. The van der Waals surface area contributed by atoms with E-state index in [1.54, 1.807) is 6.07 Å². The molecule has 3 aromatic rings. The van der Waals surface area contributed by atoms with Gasteiger partial charge in [0, 0.05) is 18.1 Å². The Bertz CT molecular complexity index is 998. The Kier molecular flexibility index (Phi) is 5.08. The van der Waals surface area contributed by atoms with Crippen LogP contribution in [-0.4, -0.2) is 35.7 Å². The van der Waals surface area contributed by atoms with Crippen molar-refractivity contribution in [3.63, 3.8) is 0 Å². The highest BCUT2D eigenvalue weighted by molar-refractivity contribution is 6.03. The van der Waals surface area contributed by atoms with Gasteiger partial charge in [-0.3, -0.25) is 0 Å². The second kappa shape index (κ2) is 7.31. The maximum Gasteiger partial charge on any atom is 0.407 e. The van der Waals surface area contributed by atoms with Crippen molar-refractivity contribution in [2.45, 2.75) is 32.8 Å². The summed E-state index contributed by atoms with van der Waals surface area (Å²) in [5.74, 6) is -0.384. The number of amides is 1. The van der Waals surface area contributed by atoms with E-state index in [4.69, 9.17) is 9.47 Å². The molecule has 2 aromatic heterocycles. The summed E-state index contributed by atoms with van der Waals surface area (Å²) in [4.78, 5) is 24.2. The topological polar surface area (TPSA) is 69.0 Å². The monoisotopic (exact) mass is 368 g/mol. The van der Waals surface area contributed by atoms with Crippen LogP contribution in [0.5, 0.6) is 0 Å². The van der Waals surface area contributed by atoms with Crippen LogP contribution in [0, 0.1) is 0 Å². The molecule has 0 fully saturated rings. The summed E-state index contributed by atoms with van der Waals surface area (Å²) in [5.41, 5.74) is 2.76. The van der Waals surface area contributed by atoms with Crippen molar-refractivity contribution < 1.29 is 19.1 Å². The number of aromatic nitrogens is 1. The fourth-order valence-corrected chi connectivity index (χ4v) is 3.22. The number of carbonyl (C=O) groups is 2. The third kappa shape index (κ3) is 3.89. The van der Waals surface area contributed by atoms with Crippen LogP contribution in [0.3, 0.4) is 0 Å². The van der Waals surface area contributed by atoms with Gasteiger partial charge < -0.3 is 19.2 Å². The largest absolute Gasteiger partial charge is 0.465 e. The summed E-state index contributed by atoms with van der Waals surface area (Å²) in [6, 6.07) is 11.5. The minimum atomic E-state index is -0.544. The molecule has 0 aliphatic carbocycles. The van der Waals surface area contributed by atoms with Crippen molar-refractivity contribution in [2.75, 3.05) is 13.7 Å². The zero-order valence-electron chi connectivity index (χ0n) is 16.0. The fourth-order valence-electron chi connectivity index (χ4n) is 3.22. The van der Waals surface area contributed by atoms with Gasteiger partial charge in [-0.25, -0.2) is 9.59 Å². The van der Waals surface area contributed by atoms with E-state index >= 15 is 0 Å². The van der Waals surface area contributed by atoms with Gasteiger partial charge in [0.2, 0.25) is 0 Å². The highest BCUT2D eigenvalue weighted by Gasteiger charge is 2.20. The molecule has 0 saturated heterocycles. The molecule has 3 rings (SSSR count). The van der Waals surface area contributed by atoms with E-state index in [2.05, 4.69) is 5.32 Å². The molecular weight excluding hydrogens is 344 g/mol. The number of rotatable bonds is 4. The number of para-hydroxylation sites is 1. The molecule has 1 amide bonds. The van der Waals surface area contributed by atoms with Crippen LogP contribution in [0.4, 0.5) is 4.79 Å². The molecule has 6 nitrogen and oxygen atoms in total. The summed E-state index contributed by atoms with van der Waals surface area (Å²) in [5, 5.41) is 3.82. The normalized spacial score (nSPS) is 11.6. The van der Waals surface area contributed by atoms with Gasteiger partial charge in [-0.05, 0) is 51.0 Å². The molecular formula is C21H24N2O4. The van der Waals surface area contributed by atoms with Crippen molar-refractivity contribution in [1.29, 1.82) is 0 Å². The number of carbonyl (C=O) groups excluding carboxylic acids is 2. The average molecular weight is 368 g/mol. The molecule has 0 atom stereocenters. The lowest BCUT2D eigenvalue weighted by molar-refractivity contribution is 0.0527. The van der Waals surface area contributed by atoms with Crippen LogP contribution in [0.15, 0.2) is 42.6 Å². The quantitative estimate of drug-likeness (QED) is 0.708. The summed E-state index contributed by atoms with van der Waals surface area (Å²) in [6.45, 7) is 5.87. The van der Waals surface area contributed by atoms with Crippen molar-refractivity contribution in [3.05, 3.63) is 53.7 Å². The van der Waals surface area contributed by atoms with E-state index in [0.29, 0.717) is 18.5 Å². The SMILES string of the molecule is COC(=O)c1cccn2c1c(CCNC(=O)OC(C)(C)C)c1ccccc12. The number of esters is 1. The van der Waals surface area contributed by atoms with Gasteiger partial charge in [-0.2, -0.15) is 0 Å².